The van der Waals surface area contributed by atoms with Crippen LogP contribution in [-0.4, -0.2) is 59.1 Å². The van der Waals surface area contributed by atoms with Crippen LogP contribution in [0.5, 0.6) is 0 Å². The van der Waals surface area contributed by atoms with Crippen molar-refractivity contribution in [2.24, 2.45) is 0 Å². The van der Waals surface area contributed by atoms with Gasteiger partial charge >= 0.3 is 0 Å². The Bertz CT molecular complexity index is 563. The standard InChI is InChI=1S/C15H25NO4S2/c1-15(2,3)21-8-6-16(9-12-5-4-7-20-12)13-10-22(18,19)11-14(13)17/h4-5,7,13-14,17H,6,8-11H2,1-3H3. The molecule has 2 unspecified atom stereocenters. The molecule has 1 aliphatic heterocycles. The van der Waals surface area contributed by atoms with E-state index in [1.165, 1.54) is 0 Å². The van der Waals surface area contributed by atoms with Gasteiger partial charge in [0, 0.05) is 17.0 Å². The van der Waals surface area contributed by atoms with E-state index in [0.29, 0.717) is 6.54 Å². The van der Waals surface area contributed by atoms with E-state index in [-0.39, 0.29) is 22.3 Å². The fourth-order valence-corrected chi connectivity index (χ4v) is 5.36. The molecule has 5 nitrogen and oxygen atoms in total. The van der Waals surface area contributed by atoms with Gasteiger partial charge in [-0.25, -0.2) is 8.42 Å². The van der Waals surface area contributed by atoms with E-state index in [1.807, 2.05) is 28.8 Å². The lowest BCUT2D eigenvalue weighted by Crippen LogP contribution is -2.44. The van der Waals surface area contributed by atoms with Crippen molar-refractivity contribution in [3.63, 3.8) is 0 Å². The second-order valence-electron chi connectivity index (χ2n) is 6.72. The highest BCUT2D eigenvalue weighted by Crippen LogP contribution is 2.25. The van der Waals surface area contributed by atoms with Crippen LogP contribution in [0.25, 0.3) is 0 Å². The van der Waals surface area contributed by atoms with Gasteiger partial charge in [-0.1, -0.05) is 20.8 Å². The van der Waals surface area contributed by atoms with E-state index in [2.05, 4.69) is 20.8 Å². The first-order valence-corrected chi connectivity index (χ1v) is 10.3. The van der Waals surface area contributed by atoms with Gasteiger partial charge < -0.3 is 9.52 Å². The minimum atomic E-state index is -3.15. The normalized spacial score (nSPS) is 25.0. The molecule has 1 N–H and O–H groups in total. The van der Waals surface area contributed by atoms with Crippen LogP contribution in [0.2, 0.25) is 0 Å². The Hall–Kier alpha value is -0.500. The molecule has 0 aromatic carbocycles. The number of hydrogen-bond donors (Lipinski definition) is 1. The minimum Gasteiger partial charge on any atom is -0.468 e. The first-order chi connectivity index (χ1) is 10.2. The van der Waals surface area contributed by atoms with Crippen LogP contribution in [0.1, 0.15) is 26.5 Å². The average molecular weight is 348 g/mol. The van der Waals surface area contributed by atoms with Crippen LogP contribution in [-0.2, 0) is 16.4 Å². The third kappa shape index (κ3) is 5.30. The Kier molecular flexibility index (Phi) is 5.63. The molecular formula is C15H25NO4S2. The van der Waals surface area contributed by atoms with Crippen molar-refractivity contribution < 1.29 is 17.9 Å². The lowest BCUT2D eigenvalue weighted by Gasteiger charge is -2.30. The quantitative estimate of drug-likeness (QED) is 0.846. The Labute approximate surface area is 137 Å². The molecular weight excluding hydrogens is 322 g/mol. The van der Waals surface area contributed by atoms with Gasteiger partial charge in [-0.3, -0.25) is 4.90 Å². The summed E-state index contributed by atoms with van der Waals surface area (Å²) in [7, 11) is -3.15. The molecule has 0 radical (unpaired) electrons. The molecule has 0 saturated carbocycles. The third-order valence-electron chi connectivity index (χ3n) is 3.62. The average Bonchev–Trinajstić information content (AvgIpc) is 2.94. The molecule has 0 spiro atoms. The number of rotatable bonds is 6. The smallest absolute Gasteiger partial charge is 0.154 e. The van der Waals surface area contributed by atoms with E-state index in [0.717, 1.165) is 18.1 Å². The van der Waals surface area contributed by atoms with Gasteiger partial charge in [0.2, 0.25) is 0 Å². The topological polar surface area (TPSA) is 70.8 Å². The highest BCUT2D eigenvalue weighted by Gasteiger charge is 2.40. The molecule has 2 rings (SSSR count). The van der Waals surface area contributed by atoms with E-state index in [1.54, 1.807) is 6.26 Å². The Morgan fingerprint density at radius 2 is 2.14 bits per heavy atom. The summed E-state index contributed by atoms with van der Waals surface area (Å²) in [5.41, 5.74) is 0. The minimum absolute atomic E-state index is 0.0229. The first-order valence-electron chi connectivity index (χ1n) is 7.45. The summed E-state index contributed by atoms with van der Waals surface area (Å²) >= 11 is 1.83. The number of hydrogen-bond acceptors (Lipinski definition) is 6. The van der Waals surface area contributed by atoms with E-state index < -0.39 is 15.9 Å². The molecule has 2 atom stereocenters. The monoisotopic (exact) mass is 347 g/mol. The highest BCUT2D eigenvalue weighted by molar-refractivity contribution is 8.00. The molecule has 126 valence electrons. The zero-order chi connectivity index (χ0) is 16.4. The molecule has 1 aromatic heterocycles. The maximum absolute atomic E-state index is 11.8. The summed E-state index contributed by atoms with van der Waals surface area (Å²) in [6.45, 7) is 7.71. The first kappa shape index (κ1) is 17.8. The van der Waals surface area contributed by atoms with E-state index in [4.69, 9.17) is 4.42 Å². The second-order valence-corrected chi connectivity index (χ2v) is 10.8. The largest absolute Gasteiger partial charge is 0.468 e. The van der Waals surface area contributed by atoms with Crippen molar-refractivity contribution in [3.8, 4) is 0 Å². The molecule has 1 fully saturated rings. The van der Waals surface area contributed by atoms with Crippen molar-refractivity contribution in [2.75, 3.05) is 23.8 Å². The zero-order valence-corrected chi connectivity index (χ0v) is 15.0. The zero-order valence-electron chi connectivity index (χ0n) is 13.4. The van der Waals surface area contributed by atoms with Gasteiger partial charge in [-0.15, -0.1) is 0 Å². The third-order valence-corrected chi connectivity index (χ3v) is 6.57. The van der Waals surface area contributed by atoms with E-state index >= 15 is 0 Å². The van der Waals surface area contributed by atoms with Crippen molar-refractivity contribution in [1.82, 2.24) is 4.90 Å². The van der Waals surface area contributed by atoms with Gasteiger partial charge in [-0.05, 0) is 12.1 Å². The second kappa shape index (κ2) is 6.95. The molecule has 1 aliphatic rings. The van der Waals surface area contributed by atoms with Crippen LogP contribution >= 0.6 is 11.8 Å². The van der Waals surface area contributed by atoms with Crippen LogP contribution in [0.3, 0.4) is 0 Å². The number of nitrogens with zero attached hydrogens (tertiary/aromatic N) is 1. The summed E-state index contributed by atoms with van der Waals surface area (Å²) < 4.78 is 29.1. The predicted molar refractivity (Wildman–Crippen MR) is 89.8 cm³/mol. The summed E-state index contributed by atoms with van der Waals surface area (Å²) in [6.07, 6.45) is 0.791. The van der Waals surface area contributed by atoms with Crippen LogP contribution < -0.4 is 0 Å². The SMILES string of the molecule is CC(C)(C)SCCN(Cc1ccco1)C1CS(=O)(=O)CC1O. The molecule has 2 heterocycles. The van der Waals surface area contributed by atoms with Gasteiger partial charge in [0.05, 0.1) is 36.5 Å². The van der Waals surface area contributed by atoms with Gasteiger partial charge in [0.1, 0.15) is 5.76 Å². The van der Waals surface area contributed by atoms with Crippen LogP contribution in [0.4, 0.5) is 0 Å². The Morgan fingerprint density at radius 1 is 1.41 bits per heavy atom. The fourth-order valence-electron chi connectivity index (χ4n) is 2.59. The molecule has 1 saturated heterocycles. The molecule has 22 heavy (non-hydrogen) atoms. The highest BCUT2D eigenvalue weighted by atomic mass is 32.2. The Balaban J connectivity index is 2.04. The molecule has 1 aromatic rings. The van der Waals surface area contributed by atoms with Crippen molar-refractivity contribution in [3.05, 3.63) is 24.2 Å². The van der Waals surface area contributed by atoms with Crippen molar-refractivity contribution >= 4 is 21.6 Å². The molecule has 0 amide bonds. The van der Waals surface area contributed by atoms with E-state index in [9.17, 15) is 13.5 Å². The van der Waals surface area contributed by atoms with Crippen LogP contribution in [0.15, 0.2) is 22.8 Å². The number of furan rings is 1. The van der Waals surface area contributed by atoms with Gasteiger partial charge in [0.15, 0.2) is 9.84 Å². The number of thioether (sulfide) groups is 1. The van der Waals surface area contributed by atoms with Crippen molar-refractivity contribution in [1.29, 1.82) is 0 Å². The summed E-state index contributed by atoms with van der Waals surface area (Å²) in [5.74, 6) is 1.55. The molecule has 0 bridgehead atoms. The van der Waals surface area contributed by atoms with Crippen LogP contribution in [0, 0.1) is 0 Å². The van der Waals surface area contributed by atoms with Gasteiger partial charge in [0.25, 0.3) is 0 Å². The lowest BCUT2D eigenvalue weighted by molar-refractivity contribution is 0.0782. The number of aliphatic hydroxyl groups is 1. The molecule has 0 aliphatic carbocycles. The lowest BCUT2D eigenvalue weighted by atomic mass is 10.1. The number of sulfone groups is 1. The maximum atomic E-state index is 11.8. The maximum Gasteiger partial charge on any atom is 0.154 e. The number of aliphatic hydroxyl groups excluding tert-OH is 1. The summed E-state index contributed by atoms with van der Waals surface area (Å²) in [5, 5.41) is 10.1. The fraction of sp³-hybridized carbons (Fsp3) is 0.733. The van der Waals surface area contributed by atoms with Crippen molar-refractivity contribution in [2.45, 2.75) is 44.2 Å². The predicted octanol–water partition coefficient (Wildman–Crippen LogP) is 1.77. The Morgan fingerprint density at radius 3 is 2.64 bits per heavy atom. The summed E-state index contributed by atoms with van der Waals surface area (Å²) in [4.78, 5) is 2.03. The molecule has 7 heteroatoms. The van der Waals surface area contributed by atoms with Gasteiger partial charge in [-0.2, -0.15) is 11.8 Å². The summed E-state index contributed by atoms with van der Waals surface area (Å²) in [6, 6.07) is 3.34.